The number of benzene rings is 1. The predicted molar refractivity (Wildman–Crippen MR) is 76.6 cm³/mol. The molecule has 0 fully saturated rings. The summed E-state index contributed by atoms with van der Waals surface area (Å²) in [6.45, 7) is 5.55. The van der Waals surface area contributed by atoms with E-state index in [1.807, 2.05) is 13.0 Å². The number of methoxy groups -OCH3 is 1. The zero-order chi connectivity index (χ0) is 13.8. The van der Waals surface area contributed by atoms with E-state index in [1.54, 1.807) is 7.11 Å². The van der Waals surface area contributed by atoms with E-state index < -0.39 is 0 Å². The molecule has 0 unspecified atom stereocenters. The Kier molecular flexibility index (Phi) is 4.22. The van der Waals surface area contributed by atoms with Gasteiger partial charge in [0, 0.05) is 19.2 Å². The molecule has 4 nitrogen and oxygen atoms in total. The molecule has 0 saturated heterocycles. The Morgan fingerprint density at radius 1 is 1.32 bits per heavy atom. The molecule has 1 aromatic heterocycles. The summed E-state index contributed by atoms with van der Waals surface area (Å²) in [7, 11) is 1.70. The fourth-order valence-electron chi connectivity index (χ4n) is 2.24. The third-order valence-electron chi connectivity index (χ3n) is 3.24. The Labute approximate surface area is 114 Å². The van der Waals surface area contributed by atoms with Crippen molar-refractivity contribution in [2.24, 2.45) is 5.73 Å². The molecule has 0 aliphatic rings. The van der Waals surface area contributed by atoms with Crippen LogP contribution in [0.5, 0.6) is 5.75 Å². The van der Waals surface area contributed by atoms with Gasteiger partial charge in [-0.1, -0.05) is 12.1 Å². The number of nitrogens with zero attached hydrogens (tertiary/aromatic N) is 2. The van der Waals surface area contributed by atoms with Crippen molar-refractivity contribution in [3.8, 4) is 5.75 Å². The Balaban J connectivity index is 2.18. The topological polar surface area (TPSA) is 53.1 Å². The van der Waals surface area contributed by atoms with Crippen LogP contribution in [0.2, 0.25) is 0 Å². The summed E-state index contributed by atoms with van der Waals surface area (Å²) in [6.07, 6.45) is 2.91. The van der Waals surface area contributed by atoms with E-state index in [1.165, 1.54) is 5.56 Å². The maximum absolute atomic E-state index is 5.56. The van der Waals surface area contributed by atoms with Crippen molar-refractivity contribution >= 4 is 0 Å². The summed E-state index contributed by atoms with van der Waals surface area (Å²) in [4.78, 5) is 4.51. The van der Waals surface area contributed by atoms with Crippen molar-refractivity contribution in [2.45, 2.75) is 26.8 Å². The molecule has 4 heteroatoms. The lowest BCUT2D eigenvalue weighted by Crippen LogP contribution is -2.03. The molecule has 2 N–H and O–H groups in total. The van der Waals surface area contributed by atoms with Crippen LogP contribution in [0.3, 0.4) is 0 Å². The van der Waals surface area contributed by atoms with Crippen LogP contribution in [0.15, 0.2) is 24.4 Å². The second-order valence-corrected chi connectivity index (χ2v) is 4.75. The van der Waals surface area contributed by atoms with Gasteiger partial charge in [-0.15, -0.1) is 0 Å². The highest BCUT2D eigenvalue weighted by atomic mass is 16.5. The standard InChI is InChI=1S/C15H21N3O/c1-11-8-13(4-5-15(11)19-3)9-18-10-14(6-7-16)17-12(18)2/h4-5,8,10H,6-7,9,16H2,1-3H3. The van der Waals surface area contributed by atoms with E-state index in [0.29, 0.717) is 6.54 Å². The SMILES string of the molecule is COc1ccc(Cn2cc(CCN)nc2C)cc1C. The van der Waals surface area contributed by atoms with E-state index >= 15 is 0 Å². The van der Waals surface area contributed by atoms with E-state index in [0.717, 1.165) is 35.8 Å². The van der Waals surface area contributed by atoms with Gasteiger partial charge >= 0.3 is 0 Å². The third-order valence-corrected chi connectivity index (χ3v) is 3.24. The van der Waals surface area contributed by atoms with Gasteiger partial charge in [0.25, 0.3) is 0 Å². The summed E-state index contributed by atoms with van der Waals surface area (Å²) in [6, 6.07) is 6.26. The van der Waals surface area contributed by atoms with Crippen molar-refractivity contribution in [3.63, 3.8) is 0 Å². The lowest BCUT2D eigenvalue weighted by Gasteiger charge is -2.09. The van der Waals surface area contributed by atoms with Gasteiger partial charge in [0.1, 0.15) is 11.6 Å². The van der Waals surface area contributed by atoms with Gasteiger partial charge < -0.3 is 15.0 Å². The number of hydrogen-bond acceptors (Lipinski definition) is 3. The molecule has 2 aromatic rings. The van der Waals surface area contributed by atoms with Crippen LogP contribution < -0.4 is 10.5 Å². The Bertz CT molecular complexity index is 561. The molecule has 1 heterocycles. The van der Waals surface area contributed by atoms with Crippen molar-refractivity contribution in [1.82, 2.24) is 9.55 Å². The molecule has 102 valence electrons. The Morgan fingerprint density at radius 3 is 2.74 bits per heavy atom. The number of hydrogen-bond donors (Lipinski definition) is 1. The van der Waals surface area contributed by atoms with E-state index in [9.17, 15) is 0 Å². The number of rotatable bonds is 5. The number of ether oxygens (including phenoxy) is 1. The highest BCUT2D eigenvalue weighted by Crippen LogP contribution is 2.19. The first-order chi connectivity index (χ1) is 9.13. The lowest BCUT2D eigenvalue weighted by molar-refractivity contribution is 0.411. The molecular weight excluding hydrogens is 238 g/mol. The second kappa shape index (κ2) is 5.89. The molecule has 0 bridgehead atoms. The zero-order valence-electron chi connectivity index (χ0n) is 11.8. The molecule has 0 atom stereocenters. The van der Waals surface area contributed by atoms with Crippen LogP contribution in [-0.2, 0) is 13.0 Å². The summed E-state index contributed by atoms with van der Waals surface area (Å²) in [5.74, 6) is 1.95. The molecule has 0 spiro atoms. The number of imidazole rings is 1. The zero-order valence-corrected chi connectivity index (χ0v) is 11.8. The molecule has 0 aliphatic carbocycles. The van der Waals surface area contributed by atoms with Crippen LogP contribution in [0.25, 0.3) is 0 Å². The first-order valence-corrected chi connectivity index (χ1v) is 6.50. The quantitative estimate of drug-likeness (QED) is 0.894. The van der Waals surface area contributed by atoms with Crippen molar-refractivity contribution in [2.75, 3.05) is 13.7 Å². The molecule has 0 radical (unpaired) electrons. The number of aromatic nitrogens is 2. The summed E-state index contributed by atoms with van der Waals surface area (Å²) in [5, 5.41) is 0. The van der Waals surface area contributed by atoms with Crippen LogP contribution in [0, 0.1) is 13.8 Å². The van der Waals surface area contributed by atoms with Gasteiger partial charge in [0.05, 0.1) is 12.8 Å². The fraction of sp³-hybridized carbons (Fsp3) is 0.400. The molecule has 0 aliphatic heterocycles. The maximum Gasteiger partial charge on any atom is 0.121 e. The number of nitrogens with two attached hydrogens (primary N) is 1. The van der Waals surface area contributed by atoms with Crippen LogP contribution in [0.1, 0.15) is 22.6 Å². The predicted octanol–water partition coefficient (Wildman–Crippen LogP) is 2.06. The van der Waals surface area contributed by atoms with Gasteiger partial charge in [-0.3, -0.25) is 0 Å². The van der Waals surface area contributed by atoms with E-state index in [-0.39, 0.29) is 0 Å². The van der Waals surface area contributed by atoms with Gasteiger partial charge in [0.2, 0.25) is 0 Å². The summed E-state index contributed by atoms with van der Waals surface area (Å²) >= 11 is 0. The highest BCUT2D eigenvalue weighted by Gasteiger charge is 2.05. The van der Waals surface area contributed by atoms with Crippen LogP contribution in [0.4, 0.5) is 0 Å². The van der Waals surface area contributed by atoms with Crippen molar-refractivity contribution in [1.29, 1.82) is 0 Å². The average molecular weight is 259 g/mol. The van der Waals surface area contributed by atoms with E-state index in [2.05, 4.69) is 34.8 Å². The summed E-state index contributed by atoms with van der Waals surface area (Å²) < 4.78 is 7.44. The van der Waals surface area contributed by atoms with Gasteiger partial charge in [-0.2, -0.15) is 0 Å². The molecule has 2 rings (SSSR count). The molecular formula is C15H21N3O. The highest BCUT2D eigenvalue weighted by molar-refractivity contribution is 5.36. The summed E-state index contributed by atoms with van der Waals surface area (Å²) in [5.41, 5.74) is 9.02. The maximum atomic E-state index is 5.56. The fourth-order valence-corrected chi connectivity index (χ4v) is 2.24. The minimum absolute atomic E-state index is 0.637. The van der Waals surface area contributed by atoms with Crippen molar-refractivity contribution < 1.29 is 4.74 Å². The van der Waals surface area contributed by atoms with Crippen molar-refractivity contribution in [3.05, 3.63) is 47.0 Å². The van der Waals surface area contributed by atoms with Crippen LogP contribution in [-0.4, -0.2) is 23.2 Å². The Hall–Kier alpha value is -1.81. The smallest absolute Gasteiger partial charge is 0.121 e. The molecule has 0 amide bonds. The molecule has 19 heavy (non-hydrogen) atoms. The van der Waals surface area contributed by atoms with Gasteiger partial charge in [0.15, 0.2) is 0 Å². The monoisotopic (exact) mass is 259 g/mol. The van der Waals surface area contributed by atoms with Gasteiger partial charge in [-0.05, 0) is 37.6 Å². The first-order valence-electron chi connectivity index (χ1n) is 6.50. The third kappa shape index (κ3) is 3.15. The largest absolute Gasteiger partial charge is 0.496 e. The van der Waals surface area contributed by atoms with Gasteiger partial charge in [-0.25, -0.2) is 4.98 Å². The minimum atomic E-state index is 0.637. The normalized spacial score (nSPS) is 10.7. The molecule has 0 saturated carbocycles. The minimum Gasteiger partial charge on any atom is -0.496 e. The lowest BCUT2D eigenvalue weighted by atomic mass is 10.1. The Morgan fingerprint density at radius 2 is 2.11 bits per heavy atom. The van der Waals surface area contributed by atoms with E-state index in [4.69, 9.17) is 10.5 Å². The molecule has 1 aromatic carbocycles. The van der Waals surface area contributed by atoms with Crippen LogP contribution >= 0.6 is 0 Å². The second-order valence-electron chi connectivity index (χ2n) is 4.75. The number of aryl methyl sites for hydroxylation is 2. The average Bonchev–Trinajstić information content (AvgIpc) is 2.70. The first kappa shape index (κ1) is 13.6.